The van der Waals surface area contributed by atoms with Gasteiger partial charge in [0.2, 0.25) is 0 Å². The van der Waals surface area contributed by atoms with Gasteiger partial charge in [0.05, 0.1) is 13.2 Å². The molecule has 0 bridgehead atoms. The number of halogens is 1. The highest BCUT2D eigenvalue weighted by Gasteiger charge is 2.25. The predicted octanol–water partition coefficient (Wildman–Crippen LogP) is 3.51. The molecule has 31 heavy (non-hydrogen) atoms. The van der Waals surface area contributed by atoms with Gasteiger partial charge in [0.15, 0.2) is 5.96 Å². The van der Waals surface area contributed by atoms with Crippen molar-refractivity contribution in [1.29, 1.82) is 0 Å². The molecule has 1 aliphatic heterocycles. The average Bonchev–Trinajstić information content (AvgIpc) is 2.77. The number of guanidine groups is 1. The van der Waals surface area contributed by atoms with E-state index in [0.717, 1.165) is 43.1 Å². The molecule has 168 valence electrons. The van der Waals surface area contributed by atoms with E-state index in [1.165, 1.54) is 11.1 Å². The van der Waals surface area contributed by atoms with E-state index < -0.39 is 0 Å². The highest BCUT2D eigenvalue weighted by molar-refractivity contribution is 14.0. The van der Waals surface area contributed by atoms with Crippen LogP contribution in [0.1, 0.15) is 33.2 Å². The summed E-state index contributed by atoms with van der Waals surface area (Å²) in [6.07, 6.45) is 0.867. The van der Waals surface area contributed by atoms with Gasteiger partial charge in [-0.2, -0.15) is 0 Å². The first kappa shape index (κ1) is 25.1. The van der Waals surface area contributed by atoms with Crippen molar-refractivity contribution in [3.63, 3.8) is 0 Å². The van der Waals surface area contributed by atoms with Gasteiger partial charge in [-0.05, 0) is 42.2 Å². The summed E-state index contributed by atoms with van der Waals surface area (Å²) in [4.78, 5) is 20.5. The summed E-state index contributed by atoms with van der Waals surface area (Å²) < 4.78 is 6.04. The molecule has 1 aliphatic rings. The zero-order valence-electron chi connectivity index (χ0n) is 18.8. The summed E-state index contributed by atoms with van der Waals surface area (Å²) in [6.45, 7) is 5.14. The second-order valence-corrected chi connectivity index (χ2v) is 7.79. The molecule has 1 N–H and O–H groups in total. The maximum absolute atomic E-state index is 12.2. The number of hydrogen-bond acceptors (Lipinski definition) is 3. The summed E-state index contributed by atoms with van der Waals surface area (Å²) in [5.74, 6) is 0.911. The second kappa shape index (κ2) is 12.0. The number of morpholine rings is 1. The molecule has 2 aromatic carbocycles. The van der Waals surface area contributed by atoms with E-state index in [1.54, 1.807) is 19.0 Å². The van der Waals surface area contributed by atoms with Gasteiger partial charge in [0, 0.05) is 39.8 Å². The van der Waals surface area contributed by atoms with Gasteiger partial charge in [0.1, 0.15) is 6.10 Å². The summed E-state index contributed by atoms with van der Waals surface area (Å²) in [7, 11) is 5.36. The first-order valence-corrected chi connectivity index (χ1v) is 10.4. The van der Waals surface area contributed by atoms with E-state index in [-0.39, 0.29) is 36.0 Å². The topological polar surface area (TPSA) is 57.2 Å². The lowest BCUT2D eigenvalue weighted by Gasteiger charge is -2.35. The molecule has 7 heteroatoms. The lowest BCUT2D eigenvalue weighted by Crippen LogP contribution is -2.48. The smallest absolute Gasteiger partial charge is 0.253 e. The van der Waals surface area contributed by atoms with Gasteiger partial charge in [-0.25, -0.2) is 0 Å². The number of aryl methyl sites for hydroxylation is 1. The number of hydrogen-bond donors (Lipinski definition) is 1. The Morgan fingerprint density at radius 2 is 2.00 bits per heavy atom. The summed E-state index contributed by atoms with van der Waals surface area (Å²) >= 11 is 0. The van der Waals surface area contributed by atoms with Crippen LogP contribution in [0.25, 0.3) is 0 Å². The van der Waals surface area contributed by atoms with E-state index in [0.29, 0.717) is 6.61 Å². The Bertz CT molecular complexity index is 901. The Morgan fingerprint density at radius 1 is 1.23 bits per heavy atom. The van der Waals surface area contributed by atoms with Crippen LogP contribution in [0.5, 0.6) is 0 Å². The molecular formula is C24H33IN4O2. The van der Waals surface area contributed by atoms with Crippen molar-refractivity contribution in [2.24, 2.45) is 4.99 Å². The minimum absolute atomic E-state index is 0. The number of nitrogens with zero attached hydrogens (tertiary/aromatic N) is 3. The third-order valence-electron chi connectivity index (χ3n) is 5.39. The molecule has 1 heterocycles. The molecule has 0 aromatic heterocycles. The van der Waals surface area contributed by atoms with Crippen LogP contribution in [0.15, 0.2) is 53.5 Å². The first-order valence-electron chi connectivity index (χ1n) is 10.4. The van der Waals surface area contributed by atoms with E-state index >= 15 is 0 Å². The monoisotopic (exact) mass is 536 g/mol. The van der Waals surface area contributed by atoms with Crippen molar-refractivity contribution in [1.82, 2.24) is 15.1 Å². The van der Waals surface area contributed by atoms with Crippen molar-refractivity contribution >= 4 is 35.8 Å². The van der Waals surface area contributed by atoms with Gasteiger partial charge in [-0.1, -0.05) is 36.4 Å². The number of nitrogens with one attached hydrogen (secondary N) is 1. The highest BCUT2D eigenvalue weighted by Crippen LogP contribution is 2.24. The number of carbonyl (C=O) groups excluding carboxylic acids is 1. The molecule has 0 aliphatic carbocycles. The third kappa shape index (κ3) is 6.67. The normalized spacial score (nSPS) is 16.5. The Kier molecular flexibility index (Phi) is 9.77. The SMILES string of the molecule is CN=C(NCCc1cccc(C(=O)N(C)C)c1)N1CCOC(c2ccccc2C)C1.I. The van der Waals surface area contributed by atoms with Crippen molar-refractivity contribution < 1.29 is 9.53 Å². The summed E-state index contributed by atoms with van der Waals surface area (Å²) in [5, 5.41) is 3.47. The van der Waals surface area contributed by atoms with Crippen molar-refractivity contribution in [2.75, 3.05) is 47.4 Å². The molecule has 1 fully saturated rings. The Labute approximate surface area is 202 Å². The number of carbonyl (C=O) groups is 1. The Hall–Kier alpha value is -2.13. The lowest BCUT2D eigenvalue weighted by molar-refractivity contribution is -0.00829. The fourth-order valence-electron chi connectivity index (χ4n) is 3.75. The maximum Gasteiger partial charge on any atom is 0.253 e. The molecule has 6 nitrogen and oxygen atoms in total. The number of aliphatic imine (C=N–C) groups is 1. The van der Waals surface area contributed by atoms with E-state index in [4.69, 9.17) is 4.74 Å². The van der Waals surface area contributed by atoms with Crippen molar-refractivity contribution in [2.45, 2.75) is 19.4 Å². The average molecular weight is 536 g/mol. The molecular weight excluding hydrogens is 503 g/mol. The fraction of sp³-hybridized carbons (Fsp3) is 0.417. The van der Waals surface area contributed by atoms with Gasteiger partial charge in [0.25, 0.3) is 5.91 Å². The van der Waals surface area contributed by atoms with Gasteiger partial charge in [-0.15, -0.1) is 24.0 Å². The van der Waals surface area contributed by atoms with Gasteiger partial charge >= 0.3 is 0 Å². The Morgan fingerprint density at radius 3 is 2.71 bits per heavy atom. The fourth-order valence-corrected chi connectivity index (χ4v) is 3.75. The number of rotatable bonds is 5. The lowest BCUT2D eigenvalue weighted by atomic mass is 10.0. The number of benzene rings is 2. The molecule has 1 unspecified atom stereocenters. The van der Waals surface area contributed by atoms with Gasteiger partial charge in [-0.3, -0.25) is 9.79 Å². The highest BCUT2D eigenvalue weighted by atomic mass is 127. The van der Waals surface area contributed by atoms with E-state index in [2.05, 4.69) is 52.5 Å². The molecule has 1 amide bonds. The quantitative estimate of drug-likeness (QED) is 0.361. The van der Waals surface area contributed by atoms with Crippen LogP contribution in [-0.4, -0.2) is 69.1 Å². The van der Waals surface area contributed by atoms with Crippen LogP contribution in [0, 0.1) is 6.92 Å². The zero-order valence-corrected chi connectivity index (χ0v) is 21.1. The molecule has 0 saturated carbocycles. The number of amides is 1. The molecule has 2 aromatic rings. The molecule has 0 spiro atoms. The molecule has 1 atom stereocenters. The van der Waals surface area contributed by atoms with Crippen LogP contribution in [0.4, 0.5) is 0 Å². The maximum atomic E-state index is 12.2. The standard InChI is InChI=1S/C24H32N4O2.HI/c1-18-8-5-6-11-21(18)22-17-28(14-15-30-22)24(25-2)26-13-12-19-9-7-10-20(16-19)23(29)27(3)4;/h5-11,16,22H,12-15,17H2,1-4H3,(H,25,26);1H. The predicted molar refractivity (Wildman–Crippen MR) is 136 cm³/mol. The number of ether oxygens (including phenoxy) is 1. The van der Waals surface area contributed by atoms with Gasteiger partial charge < -0.3 is 19.9 Å². The van der Waals surface area contributed by atoms with Crippen molar-refractivity contribution in [3.8, 4) is 0 Å². The molecule has 0 radical (unpaired) electrons. The van der Waals surface area contributed by atoms with Crippen LogP contribution in [0.3, 0.4) is 0 Å². The first-order chi connectivity index (χ1) is 14.5. The summed E-state index contributed by atoms with van der Waals surface area (Å²) in [5.41, 5.74) is 4.33. The minimum Gasteiger partial charge on any atom is -0.370 e. The van der Waals surface area contributed by atoms with E-state index in [1.807, 2.05) is 25.2 Å². The van der Waals surface area contributed by atoms with Crippen LogP contribution < -0.4 is 5.32 Å². The van der Waals surface area contributed by atoms with Crippen LogP contribution in [0.2, 0.25) is 0 Å². The van der Waals surface area contributed by atoms with Crippen LogP contribution in [-0.2, 0) is 11.2 Å². The van der Waals surface area contributed by atoms with Crippen LogP contribution >= 0.6 is 24.0 Å². The Balaban J connectivity index is 0.00000341. The van der Waals surface area contributed by atoms with Crippen molar-refractivity contribution in [3.05, 3.63) is 70.8 Å². The molecule has 1 saturated heterocycles. The largest absolute Gasteiger partial charge is 0.370 e. The van der Waals surface area contributed by atoms with E-state index in [9.17, 15) is 4.79 Å². The summed E-state index contributed by atoms with van der Waals surface area (Å²) in [6, 6.07) is 16.2. The second-order valence-electron chi connectivity index (χ2n) is 7.79. The zero-order chi connectivity index (χ0) is 21.5. The minimum atomic E-state index is 0. The molecule has 3 rings (SSSR count). The third-order valence-corrected chi connectivity index (χ3v) is 5.39.